The summed E-state index contributed by atoms with van der Waals surface area (Å²) in [6.07, 6.45) is 1.35. The first-order chi connectivity index (χ1) is 19.6. The van der Waals surface area contributed by atoms with E-state index in [0.717, 1.165) is 12.5 Å². The molecule has 1 aliphatic rings. The van der Waals surface area contributed by atoms with Crippen molar-refractivity contribution in [2.75, 3.05) is 6.54 Å². The molecular formula is C30H46F3N7O3. The number of amides is 1. The van der Waals surface area contributed by atoms with Crippen molar-refractivity contribution in [2.45, 2.75) is 105 Å². The van der Waals surface area contributed by atoms with Crippen LogP contribution in [-0.2, 0) is 16.6 Å². The van der Waals surface area contributed by atoms with Gasteiger partial charge in [0, 0.05) is 41.3 Å². The first-order valence-corrected chi connectivity index (χ1v) is 14.0. The minimum absolute atomic E-state index is 0.0603. The van der Waals surface area contributed by atoms with E-state index in [2.05, 4.69) is 21.4 Å². The van der Waals surface area contributed by atoms with Crippen LogP contribution in [-0.4, -0.2) is 44.6 Å². The zero-order chi connectivity index (χ0) is 33.3. The van der Waals surface area contributed by atoms with Gasteiger partial charge in [-0.1, -0.05) is 51.9 Å². The molecule has 2 atom stereocenters. The maximum atomic E-state index is 13.8. The number of nitrogens with zero attached hydrogens (tertiary/aromatic N) is 5. The van der Waals surface area contributed by atoms with Crippen LogP contribution in [0.1, 0.15) is 105 Å². The first-order valence-electron chi connectivity index (χ1n) is 14.0. The van der Waals surface area contributed by atoms with Crippen molar-refractivity contribution in [2.24, 2.45) is 27.5 Å². The number of carbonyl (C=O) groups is 1. The lowest BCUT2D eigenvalue weighted by Gasteiger charge is -2.23. The SMILES string of the molecule is CC(C)(C)/C(N)=N/O.CC(C)(C)C#N.CC(C)(C)c1noc([C@@H]2CCCN2C(=O)C[C@H](N)Cc2cc(F)c(F)cc2F)n1. The summed E-state index contributed by atoms with van der Waals surface area (Å²) in [5.41, 5.74) is 10.5. The van der Waals surface area contributed by atoms with Crippen LogP contribution in [0, 0.1) is 39.6 Å². The molecule has 2 aromatic rings. The number of nitriles is 1. The first kappa shape index (κ1) is 37.4. The van der Waals surface area contributed by atoms with Gasteiger partial charge >= 0.3 is 0 Å². The van der Waals surface area contributed by atoms with Crippen LogP contribution in [0.15, 0.2) is 21.8 Å². The highest BCUT2D eigenvalue weighted by molar-refractivity contribution is 5.84. The van der Waals surface area contributed by atoms with E-state index >= 15 is 0 Å². The fourth-order valence-corrected chi connectivity index (χ4v) is 3.56. The van der Waals surface area contributed by atoms with Gasteiger partial charge in [-0.3, -0.25) is 4.79 Å². The number of rotatable bonds is 5. The van der Waals surface area contributed by atoms with Crippen molar-refractivity contribution in [3.8, 4) is 6.07 Å². The molecule has 0 unspecified atom stereocenters. The Kier molecular flexibility index (Phi) is 13.2. The number of carbonyl (C=O) groups excluding carboxylic acids is 1. The Morgan fingerprint density at radius 1 is 1.14 bits per heavy atom. The Balaban J connectivity index is 0.000000548. The molecule has 0 spiro atoms. The molecule has 240 valence electrons. The van der Waals surface area contributed by atoms with Crippen molar-refractivity contribution in [3.63, 3.8) is 0 Å². The smallest absolute Gasteiger partial charge is 0.249 e. The van der Waals surface area contributed by atoms with Crippen molar-refractivity contribution >= 4 is 11.7 Å². The molecule has 1 saturated heterocycles. The van der Waals surface area contributed by atoms with Gasteiger partial charge in [0.2, 0.25) is 11.8 Å². The van der Waals surface area contributed by atoms with Gasteiger partial charge in [0.1, 0.15) is 17.7 Å². The van der Waals surface area contributed by atoms with Crippen molar-refractivity contribution in [1.82, 2.24) is 15.0 Å². The van der Waals surface area contributed by atoms with E-state index in [1.165, 1.54) is 0 Å². The highest BCUT2D eigenvalue weighted by atomic mass is 19.2. The van der Waals surface area contributed by atoms with Crippen molar-refractivity contribution in [3.05, 3.63) is 46.9 Å². The maximum Gasteiger partial charge on any atom is 0.249 e. The zero-order valence-corrected chi connectivity index (χ0v) is 26.6. The number of nitrogens with two attached hydrogens (primary N) is 2. The molecule has 1 fully saturated rings. The predicted octanol–water partition coefficient (Wildman–Crippen LogP) is 5.74. The van der Waals surface area contributed by atoms with Gasteiger partial charge in [-0.25, -0.2) is 13.2 Å². The Morgan fingerprint density at radius 2 is 1.70 bits per heavy atom. The van der Waals surface area contributed by atoms with Gasteiger partial charge < -0.3 is 26.1 Å². The lowest BCUT2D eigenvalue weighted by atomic mass is 9.96. The number of halogens is 3. The van der Waals surface area contributed by atoms with E-state index < -0.39 is 23.5 Å². The second-order valence-corrected chi connectivity index (χ2v) is 13.6. The van der Waals surface area contributed by atoms with E-state index in [1.807, 2.05) is 62.3 Å². The summed E-state index contributed by atoms with van der Waals surface area (Å²) < 4.78 is 45.6. The molecule has 2 heterocycles. The summed E-state index contributed by atoms with van der Waals surface area (Å²) in [5, 5.41) is 23.2. The second kappa shape index (κ2) is 15.2. The third-order valence-corrected chi connectivity index (χ3v) is 6.19. The largest absolute Gasteiger partial charge is 0.409 e. The van der Waals surface area contributed by atoms with Gasteiger partial charge in [-0.05, 0) is 51.7 Å². The third-order valence-electron chi connectivity index (χ3n) is 6.19. The molecule has 3 rings (SSSR count). The van der Waals surface area contributed by atoms with Crippen LogP contribution in [0.25, 0.3) is 0 Å². The van der Waals surface area contributed by atoms with Gasteiger partial charge in [-0.15, -0.1) is 0 Å². The van der Waals surface area contributed by atoms with E-state index in [1.54, 1.807) is 4.90 Å². The van der Waals surface area contributed by atoms with Gasteiger partial charge in [0.25, 0.3) is 0 Å². The molecule has 1 aromatic carbocycles. The van der Waals surface area contributed by atoms with Crippen molar-refractivity contribution < 1.29 is 27.7 Å². The topological polar surface area (TPSA) is 168 Å². The minimum Gasteiger partial charge on any atom is -0.409 e. The summed E-state index contributed by atoms with van der Waals surface area (Å²) in [5.74, 6) is -2.30. The number of aromatic nitrogens is 2. The average Bonchev–Trinajstić information content (AvgIpc) is 3.56. The lowest BCUT2D eigenvalue weighted by Crippen LogP contribution is -2.36. The summed E-state index contributed by atoms with van der Waals surface area (Å²) in [7, 11) is 0. The normalized spacial score (nSPS) is 16.4. The average molecular weight is 610 g/mol. The standard InChI is InChI=1S/C20H25F3N4O2.C5H12N2O.C5H9N/c1-20(2,3)19-25-18(29-26-19)16-5-4-6-27(16)17(28)9-12(24)7-11-8-14(22)15(23)10-13(11)21;1-5(2,3)4(6)7-8;1-5(2,3)4-6/h8,10,12,16H,4-7,9,24H2,1-3H3;8H,1-3H3,(H2,6,7);1-3H3/t12-,16+;;/m1../s1. The molecule has 13 heteroatoms. The molecule has 5 N–H and O–H groups in total. The maximum absolute atomic E-state index is 13.8. The van der Waals surface area contributed by atoms with Gasteiger partial charge in [0.05, 0.1) is 6.07 Å². The minimum atomic E-state index is -1.26. The molecule has 1 aromatic heterocycles. The lowest BCUT2D eigenvalue weighted by molar-refractivity contribution is -0.132. The molecule has 10 nitrogen and oxygen atoms in total. The molecule has 0 bridgehead atoms. The summed E-state index contributed by atoms with van der Waals surface area (Å²) >= 11 is 0. The monoisotopic (exact) mass is 609 g/mol. The van der Waals surface area contributed by atoms with Crippen LogP contribution in [0.3, 0.4) is 0 Å². The summed E-state index contributed by atoms with van der Waals surface area (Å²) in [6, 6.07) is 2.31. The molecule has 0 radical (unpaired) electrons. The molecule has 43 heavy (non-hydrogen) atoms. The fourth-order valence-electron chi connectivity index (χ4n) is 3.56. The number of hydrogen-bond acceptors (Lipinski definition) is 8. The van der Waals surface area contributed by atoms with Crippen LogP contribution in [0.5, 0.6) is 0 Å². The van der Waals surface area contributed by atoms with Crippen LogP contribution < -0.4 is 11.5 Å². The Morgan fingerprint density at radius 3 is 2.14 bits per heavy atom. The summed E-state index contributed by atoms with van der Waals surface area (Å²) in [4.78, 5) is 18.9. The molecule has 0 saturated carbocycles. The van der Waals surface area contributed by atoms with Crippen LogP contribution in [0.4, 0.5) is 13.2 Å². The van der Waals surface area contributed by atoms with E-state index in [4.69, 9.17) is 26.5 Å². The summed E-state index contributed by atoms with van der Waals surface area (Å²) in [6.45, 7) is 17.7. The zero-order valence-electron chi connectivity index (χ0n) is 26.6. The number of hydrogen-bond donors (Lipinski definition) is 3. The molecular weight excluding hydrogens is 563 g/mol. The highest BCUT2D eigenvalue weighted by Gasteiger charge is 2.35. The fraction of sp³-hybridized carbons (Fsp3) is 0.633. The van der Waals surface area contributed by atoms with Gasteiger partial charge in [-0.2, -0.15) is 10.2 Å². The van der Waals surface area contributed by atoms with E-state index in [-0.39, 0.29) is 52.4 Å². The third kappa shape index (κ3) is 12.2. The predicted molar refractivity (Wildman–Crippen MR) is 157 cm³/mol. The Labute approximate surface area is 252 Å². The molecule has 1 aliphatic heterocycles. The van der Waals surface area contributed by atoms with Crippen molar-refractivity contribution in [1.29, 1.82) is 5.26 Å². The van der Waals surface area contributed by atoms with Gasteiger partial charge in [0.15, 0.2) is 17.5 Å². The van der Waals surface area contributed by atoms with E-state index in [9.17, 15) is 18.0 Å². The highest BCUT2D eigenvalue weighted by Crippen LogP contribution is 2.33. The van der Waals surface area contributed by atoms with Crippen LogP contribution >= 0.6 is 0 Å². The number of benzene rings is 1. The Bertz CT molecular complexity index is 1290. The number of oxime groups is 1. The molecule has 0 aliphatic carbocycles. The Hall–Kier alpha value is -3.66. The van der Waals surface area contributed by atoms with E-state index in [0.29, 0.717) is 30.7 Å². The number of likely N-dealkylation sites (tertiary alicyclic amines) is 1. The number of amidine groups is 1. The second-order valence-electron chi connectivity index (χ2n) is 13.6. The molecule has 1 amide bonds. The quantitative estimate of drug-likeness (QED) is 0.127. The van der Waals surface area contributed by atoms with Crippen LogP contribution in [0.2, 0.25) is 0 Å².